The fourth-order valence-corrected chi connectivity index (χ4v) is 3.32. The zero-order valence-electron chi connectivity index (χ0n) is 14.6. The van der Waals surface area contributed by atoms with E-state index in [9.17, 15) is 9.50 Å². The molecule has 0 radical (unpaired) electrons. The summed E-state index contributed by atoms with van der Waals surface area (Å²) in [4.78, 5) is 8.57. The Morgan fingerprint density at radius 1 is 1.19 bits per heavy atom. The highest BCUT2D eigenvalue weighted by atomic mass is 79.9. The molecule has 0 aliphatic carbocycles. The van der Waals surface area contributed by atoms with Crippen LogP contribution >= 0.6 is 15.9 Å². The lowest BCUT2D eigenvalue weighted by atomic mass is 10.0. The molecule has 0 saturated heterocycles. The normalized spacial score (nSPS) is 12.0. The molecule has 6 nitrogen and oxygen atoms in total. The molecule has 27 heavy (non-hydrogen) atoms. The second-order valence-electron chi connectivity index (χ2n) is 6.90. The summed E-state index contributed by atoms with van der Waals surface area (Å²) in [6.07, 6.45) is 3.24. The molecule has 0 unspecified atom stereocenters. The van der Waals surface area contributed by atoms with E-state index in [1.54, 1.807) is 36.7 Å². The molecule has 1 N–H and O–H groups in total. The number of hydrogen-bond donors (Lipinski definition) is 1. The molecule has 8 heteroatoms. The number of fused-ring (bicyclic) bond motifs is 1. The monoisotopic (exact) mass is 430 g/mol. The fourth-order valence-electron chi connectivity index (χ4n) is 2.93. The molecular formula is C19H16BrFN4O2. The molecule has 0 fully saturated rings. The molecule has 4 aromatic rings. The minimum atomic E-state index is -0.941. The molecule has 1 aromatic carbocycles. The van der Waals surface area contributed by atoms with E-state index in [1.165, 1.54) is 18.5 Å². The van der Waals surface area contributed by atoms with Gasteiger partial charge in [-0.3, -0.25) is 4.68 Å². The molecule has 0 saturated carbocycles. The molecule has 0 aliphatic heterocycles. The smallest absolute Gasteiger partial charge is 0.231 e. The predicted molar refractivity (Wildman–Crippen MR) is 102 cm³/mol. The van der Waals surface area contributed by atoms with Crippen molar-refractivity contribution < 1.29 is 13.9 Å². The molecule has 0 atom stereocenters. The Kier molecular flexibility index (Phi) is 4.32. The first kappa shape index (κ1) is 17.8. The summed E-state index contributed by atoms with van der Waals surface area (Å²) < 4.78 is 21.1. The van der Waals surface area contributed by atoms with Gasteiger partial charge >= 0.3 is 0 Å². The van der Waals surface area contributed by atoms with Crippen LogP contribution in [0.1, 0.15) is 13.8 Å². The van der Waals surface area contributed by atoms with Crippen LogP contribution in [0.4, 0.5) is 4.39 Å². The quantitative estimate of drug-likeness (QED) is 0.518. The largest absolute Gasteiger partial charge is 0.431 e. The number of hydrogen-bond acceptors (Lipinski definition) is 5. The minimum absolute atomic E-state index is 0.296. The van der Waals surface area contributed by atoms with Crippen molar-refractivity contribution >= 4 is 27.0 Å². The van der Waals surface area contributed by atoms with E-state index in [-0.39, 0.29) is 5.82 Å². The summed E-state index contributed by atoms with van der Waals surface area (Å²) in [7, 11) is 0. The van der Waals surface area contributed by atoms with E-state index in [0.717, 1.165) is 16.5 Å². The summed E-state index contributed by atoms with van der Waals surface area (Å²) >= 11 is 3.32. The van der Waals surface area contributed by atoms with Crippen molar-refractivity contribution in [3.63, 3.8) is 0 Å². The number of rotatable bonds is 4. The Balaban J connectivity index is 1.93. The third-order valence-electron chi connectivity index (χ3n) is 3.98. The maximum absolute atomic E-state index is 13.4. The Morgan fingerprint density at radius 2 is 1.93 bits per heavy atom. The van der Waals surface area contributed by atoms with Crippen molar-refractivity contribution in [2.75, 3.05) is 0 Å². The van der Waals surface area contributed by atoms with Crippen molar-refractivity contribution in [3.8, 4) is 22.5 Å². The number of aliphatic hydroxyl groups is 1. The van der Waals surface area contributed by atoms with Gasteiger partial charge in [0.25, 0.3) is 0 Å². The average Bonchev–Trinajstić information content (AvgIpc) is 3.16. The van der Waals surface area contributed by atoms with E-state index in [4.69, 9.17) is 4.42 Å². The minimum Gasteiger partial charge on any atom is -0.431 e. The van der Waals surface area contributed by atoms with Crippen molar-refractivity contribution in [2.45, 2.75) is 26.0 Å². The number of halogens is 2. The lowest BCUT2D eigenvalue weighted by molar-refractivity contribution is 0.0578. The van der Waals surface area contributed by atoms with Gasteiger partial charge in [0.15, 0.2) is 4.67 Å². The lowest BCUT2D eigenvalue weighted by Crippen LogP contribution is -2.26. The highest BCUT2D eigenvalue weighted by Crippen LogP contribution is 2.35. The highest BCUT2D eigenvalue weighted by molar-refractivity contribution is 9.10. The summed E-state index contributed by atoms with van der Waals surface area (Å²) in [6.45, 7) is 3.72. The molecule has 0 amide bonds. The van der Waals surface area contributed by atoms with Crippen LogP contribution < -0.4 is 0 Å². The molecule has 0 bridgehead atoms. The predicted octanol–water partition coefficient (Wildman–Crippen LogP) is 4.43. The van der Waals surface area contributed by atoms with Gasteiger partial charge in [-0.05, 0) is 54.0 Å². The van der Waals surface area contributed by atoms with Gasteiger partial charge in [0.2, 0.25) is 5.71 Å². The Morgan fingerprint density at radius 3 is 2.63 bits per heavy atom. The van der Waals surface area contributed by atoms with Gasteiger partial charge < -0.3 is 9.52 Å². The SMILES string of the molecule is CC(C)(O)Cn1cc(-c2ncnc3oc(Br)cc23)c(-c2ccc(F)cc2)n1. The van der Waals surface area contributed by atoms with Crippen LogP contribution in [-0.2, 0) is 6.54 Å². The molecule has 3 heterocycles. The van der Waals surface area contributed by atoms with E-state index in [2.05, 4.69) is 31.0 Å². The fraction of sp³-hybridized carbons (Fsp3) is 0.211. The topological polar surface area (TPSA) is 77.0 Å². The maximum Gasteiger partial charge on any atom is 0.231 e. The first-order valence-corrected chi connectivity index (χ1v) is 9.06. The van der Waals surface area contributed by atoms with Gasteiger partial charge in [-0.15, -0.1) is 0 Å². The van der Waals surface area contributed by atoms with Gasteiger partial charge in [0, 0.05) is 23.4 Å². The van der Waals surface area contributed by atoms with Crippen LogP contribution in [0, 0.1) is 5.82 Å². The number of nitrogens with zero attached hydrogens (tertiary/aromatic N) is 4. The zero-order chi connectivity index (χ0) is 19.2. The van der Waals surface area contributed by atoms with Gasteiger partial charge in [-0.2, -0.15) is 5.10 Å². The molecule has 0 aliphatic rings. The van der Waals surface area contributed by atoms with Crippen molar-refractivity contribution in [1.29, 1.82) is 0 Å². The lowest BCUT2D eigenvalue weighted by Gasteiger charge is -2.16. The van der Waals surface area contributed by atoms with E-state index in [1.807, 2.05) is 6.20 Å². The van der Waals surface area contributed by atoms with E-state index < -0.39 is 5.60 Å². The maximum atomic E-state index is 13.4. The van der Waals surface area contributed by atoms with Gasteiger partial charge in [0.05, 0.1) is 23.2 Å². The van der Waals surface area contributed by atoms with Crippen LogP contribution in [0.25, 0.3) is 33.6 Å². The van der Waals surface area contributed by atoms with Crippen LogP contribution in [0.3, 0.4) is 0 Å². The van der Waals surface area contributed by atoms with Crippen molar-refractivity contribution in [3.05, 3.63) is 53.3 Å². The van der Waals surface area contributed by atoms with Crippen molar-refractivity contribution in [1.82, 2.24) is 19.7 Å². The molecule has 3 aromatic heterocycles. The van der Waals surface area contributed by atoms with Gasteiger partial charge in [0.1, 0.15) is 17.8 Å². The van der Waals surface area contributed by atoms with Crippen LogP contribution in [0.2, 0.25) is 0 Å². The second-order valence-corrected chi connectivity index (χ2v) is 7.68. The second kappa shape index (κ2) is 6.54. The highest BCUT2D eigenvalue weighted by Gasteiger charge is 2.21. The molecule has 0 spiro atoms. The van der Waals surface area contributed by atoms with Crippen LogP contribution in [0.15, 0.2) is 51.9 Å². The Labute approximate surface area is 162 Å². The van der Waals surface area contributed by atoms with Crippen LogP contribution in [-0.4, -0.2) is 30.5 Å². The number of aromatic nitrogens is 4. The molecular weight excluding hydrogens is 415 g/mol. The van der Waals surface area contributed by atoms with E-state index >= 15 is 0 Å². The molecule has 138 valence electrons. The third-order valence-corrected chi connectivity index (χ3v) is 4.37. The Bertz CT molecular complexity index is 1110. The van der Waals surface area contributed by atoms with Crippen molar-refractivity contribution in [2.24, 2.45) is 0 Å². The average molecular weight is 431 g/mol. The van der Waals surface area contributed by atoms with Gasteiger partial charge in [-0.25, -0.2) is 14.4 Å². The molecule has 4 rings (SSSR count). The summed E-state index contributed by atoms with van der Waals surface area (Å²) in [5.74, 6) is -0.320. The van der Waals surface area contributed by atoms with Crippen LogP contribution in [0.5, 0.6) is 0 Å². The number of benzene rings is 1. The summed E-state index contributed by atoms with van der Waals surface area (Å²) in [5, 5.41) is 15.5. The first-order valence-electron chi connectivity index (χ1n) is 8.26. The number of furan rings is 1. The van der Waals surface area contributed by atoms with Gasteiger partial charge in [-0.1, -0.05) is 0 Å². The first-order chi connectivity index (χ1) is 12.8. The zero-order valence-corrected chi connectivity index (χ0v) is 16.2. The standard InChI is InChI=1S/C19H16BrFN4O2/c1-19(2,26)9-25-8-14(16(24-25)11-3-5-12(21)6-4-11)17-13-7-15(20)27-18(13)23-10-22-17/h3-8,10,26H,9H2,1-2H3. The van der Waals surface area contributed by atoms with E-state index in [0.29, 0.717) is 28.3 Å². The summed E-state index contributed by atoms with van der Waals surface area (Å²) in [5.41, 5.74) is 2.28. The Hall–Kier alpha value is -2.58. The summed E-state index contributed by atoms with van der Waals surface area (Å²) in [6, 6.07) is 7.90. The third kappa shape index (κ3) is 3.63.